The molecule has 0 saturated carbocycles. The fourth-order valence-electron chi connectivity index (χ4n) is 1.19. The van der Waals surface area contributed by atoms with Crippen molar-refractivity contribution in [2.24, 2.45) is 0 Å². The third-order valence-electron chi connectivity index (χ3n) is 2.04. The largest absolute Gasteiger partial charge is 0.453 e. The standard InChI is InChI=1S/C10H18N2O4.C3H8.C2H6.CH4O/c1-4-5-12(8(2)7-13)9(14)6-11-10(15)16-3;1-3-2;2*1-2/h7-8H,4-6H2,1-3H3,(H,11,15);3H2,1-2H3;1-2H3;2H,1H3. The molecule has 0 bridgehead atoms. The van der Waals surface area contributed by atoms with Crippen LogP contribution in [0.3, 0.4) is 0 Å². The molecule has 0 aliphatic heterocycles. The minimum absolute atomic E-state index is 0.162. The van der Waals surface area contributed by atoms with Gasteiger partial charge in [0.15, 0.2) is 0 Å². The molecule has 1 unspecified atom stereocenters. The fraction of sp³-hybridized carbons (Fsp3) is 0.812. The van der Waals surface area contributed by atoms with Gasteiger partial charge in [-0.2, -0.15) is 0 Å². The van der Waals surface area contributed by atoms with Crippen LogP contribution in [-0.4, -0.2) is 61.6 Å². The zero-order chi connectivity index (χ0) is 19.3. The van der Waals surface area contributed by atoms with Crippen LogP contribution in [0, 0.1) is 0 Å². The van der Waals surface area contributed by atoms with Crippen molar-refractivity contribution in [3.05, 3.63) is 0 Å². The van der Waals surface area contributed by atoms with Crippen molar-refractivity contribution >= 4 is 18.3 Å². The maximum atomic E-state index is 11.7. The number of methoxy groups -OCH3 is 1. The van der Waals surface area contributed by atoms with Gasteiger partial charge in [-0.1, -0.05) is 41.0 Å². The van der Waals surface area contributed by atoms with Crippen LogP contribution in [0.5, 0.6) is 0 Å². The van der Waals surface area contributed by atoms with Crippen LogP contribution < -0.4 is 5.32 Å². The van der Waals surface area contributed by atoms with E-state index in [0.717, 1.165) is 13.5 Å². The third-order valence-corrected chi connectivity index (χ3v) is 2.04. The van der Waals surface area contributed by atoms with Crippen LogP contribution in [0.2, 0.25) is 0 Å². The number of carbonyl (C=O) groups is 3. The monoisotopic (exact) mass is 336 g/mol. The third kappa shape index (κ3) is 20.4. The second-order valence-corrected chi connectivity index (χ2v) is 4.02. The van der Waals surface area contributed by atoms with Crippen molar-refractivity contribution in [1.82, 2.24) is 10.2 Å². The van der Waals surface area contributed by atoms with Crippen LogP contribution in [0.1, 0.15) is 54.4 Å². The van der Waals surface area contributed by atoms with Gasteiger partial charge in [0.05, 0.1) is 13.2 Å². The van der Waals surface area contributed by atoms with E-state index in [1.807, 2.05) is 20.8 Å². The van der Waals surface area contributed by atoms with Crippen LogP contribution in [-0.2, 0) is 14.3 Å². The molecule has 0 aliphatic rings. The Kier molecular flexibility index (Phi) is 32.4. The molecule has 7 nitrogen and oxygen atoms in total. The Morgan fingerprint density at radius 2 is 1.65 bits per heavy atom. The quantitative estimate of drug-likeness (QED) is 0.725. The van der Waals surface area contributed by atoms with Gasteiger partial charge in [0.25, 0.3) is 0 Å². The maximum absolute atomic E-state index is 11.7. The minimum atomic E-state index is -0.663. The summed E-state index contributed by atoms with van der Waals surface area (Å²) in [5.74, 6) is -0.299. The Morgan fingerprint density at radius 1 is 1.22 bits per heavy atom. The number of nitrogens with one attached hydrogen (secondary N) is 1. The lowest BCUT2D eigenvalue weighted by Gasteiger charge is -2.25. The molecule has 0 spiro atoms. The SMILES string of the molecule is CC.CCC.CCCN(C(=O)CNC(=O)OC)C(C)C=O.CO. The van der Waals surface area contributed by atoms with Crippen LogP contribution in [0.25, 0.3) is 0 Å². The topological polar surface area (TPSA) is 95.9 Å². The second kappa shape index (κ2) is 25.3. The zero-order valence-electron chi connectivity index (χ0n) is 16.0. The lowest BCUT2D eigenvalue weighted by atomic mass is 10.2. The van der Waals surface area contributed by atoms with Crippen molar-refractivity contribution in [1.29, 1.82) is 0 Å². The number of aliphatic hydroxyl groups excluding tert-OH is 1. The van der Waals surface area contributed by atoms with E-state index in [0.29, 0.717) is 12.8 Å². The van der Waals surface area contributed by atoms with Crippen molar-refractivity contribution in [3.63, 3.8) is 0 Å². The van der Waals surface area contributed by atoms with Gasteiger partial charge in [-0.05, 0) is 13.3 Å². The van der Waals surface area contributed by atoms with Gasteiger partial charge < -0.3 is 24.9 Å². The van der Waals surface area contributed by atoms with E-state index in [9.17, 15) is 14.4 Å². The highest BCUT2D eigenvalue weighted by atomic mass is 16.5. The Balaban J connectivity index is -0.000000222. The highest BCUT2D eigenvalue weighted by molar-refractivity contribution is 5.84. The van der Waals surface area contributed by atoms with Crippen LogP contribution >= 0.6 is 0 Å². The molecule has 0 aromatic carbocycles. The van der Waals surface area contributed by atoms with E-state index in [1.165, 1.54) is 18.4 Å². The summed E-state index contributed by atoms with van der Waals surface area (Å²) in [6, 6.07) is -0.480. The highest BCUT2D eigenvalue weighted by Crippen LogP contribution is 1.98. The first-order chi connectivity index (χ1) is 11.0. The first-order valence-electron chi connectivity index (χ1n) is 7.99. The predicted molar refractivity (Wildman–Crippen MR) is 93.4 cm³/mol. The molecule has 0 rings (SSSR count). The van der Waals surface area contributed by atoms with E-state index in [1.54, 1.807) is 6.92 Å². The number of hydrogen-bond acceptors (Lipinski definition) is 5. The number of alkyl carbamates (subject to hydrolysis) is 1. The summed E-state index contributed by atoms with van der Waals surface area (Å²) in [5, 5.41) is 9.28. The molecule has 1 atom stereocenters. The summed E-state index contributed by atoms with van der Waals surface area (Å²) in [7, 11) is 2.22. The molecule has 0 fully saturated rings. The number of amides is 2. The normalized spacial score (nSPS) is 9.26. The molecule has 2 N–H and O–H groups in total. The highest BCUT2D eigenvalue weighted by Gasteiger charge is 2.18. The number of rotatable bonds is 6. The van der Waals surface area contributed by atoms with Crippen LogP contribution in [0.15, 0.2) is 0 Å². The molecule has 0 saturated heterocycles. The molecular formula is C16H36N2O5. The molecule has 2 amide bonds. The average molecular weight is 336 g/mol. The summed E-state index contributed by atoms with van der Waals surface area (Å²) < 4.78 is 4.34. The van der Waals surface area contributed by atoms with E-state index in [4.69, 9.17) is 5.11 Å². The second-order valence-electron chi connectivity index (χ2n) is 4.02. The molecule has 23 heavy (non-hydrogen) atoms. The molecule has 7 heteroatoms. The van der Waals surface area contributed by atoms with Gasteiger partial charge >= 0.3 is 6.09 Å². The van der Waals surface area contributed by atoms with Gasteiger partial charge in [-0.25, -0.2) is 4.79 Å². The van der Waals surface area contributed by atoms with Crippen molar-refractivity contribution in [2.75, 3.05) is 27.3 Å². The Hall–Kier alpha value is -1.63. The molecular weight excluding hydrogens is 300 g/mol. The van der Waals surface area contributed by atoms with E-state index < -0.39 is 12.1 Å². The Bertz CT molecular complexity index is 273. The van der Waals surface area contributed by atoms with Gasteiger partial charge in [-0.3, -0.25) is 4.79 Å². The molecule has 140 valence electrons. The number of aldehydes is 1. The first kappa shape index (κ1) is 29.4. The first-order valence-corrected chi connectivity index (χ1v) is 7.99. The lowest BCUT2D eigenvalue weighted by molar-refractivity contribution is -0.134. The number of carbonyl (C=O) groups excluding carboxylic acids is 3. The summed E-state index contributed by atoms with van der Waals surface area (Å²) in [4.78, 5) is 34.4. The van der Waals surface area contributed by atoms with Crippen molar-refractivity contribution < 1.29 is 24.2 Å². The van der Waals surface area contributed by atoms with E-state index in [2.05, 4.69) is 23.9 Å². The number of aliphatic hydroxyl groups is 1. The smallest absolute Gasteiger partial charge is 0.407 e. The van der Waals surface area contributed by atoms with Crippen molar-refractivity contribution in [3.8, 4) is 0 Å². The lowest BCUT2D eigenvalue weighted by Crippen LogP contribution is -2.45. The summed E-state index contributed by atoms with van der Waals surface area (Å²) >= 11 is 0. The minimum Gasteiger partial charge on any atom is -0.453 e. The molecule has 0 radical (unpaired) electrons. The van der Waals surface area contributed by atoms with E-state index >= 15 is 0 Å². The molecule has 0 aromatic heterocycles. The summed E-state index contributed by atoms with van der Waals surface area (Å²) in [6.07, 6.45) is 2.04. The Labute approximate surface area is 141 Å². The van der Waals surface area contributed by atoms with Crippen LogP contribution in [0.4, 0.5) is 4.79 Å². The van der Waals surface area contributed by atoms with E-state index in [-0.39, 0.29) is 12.5 Å². The van der Waals surface area contributed by atoms with Gasteiger partial charge in [0.2, 0.25) is 5.91 Å². The number of ether oxygens (including phenoxy) is 1. The predicted octanol–water partition coefficient (Wildman–Crippen LogP) is 2.22. The molecule has 0 heterocycles. The fourth-order valence-corrected chi connectivity index (χ4v) is 1.19. The van der Waals surface area contributed by atoms with Crippen molar-refractivity contribution in [2.45, 2.75) is 60.4 Å². The maximum Gasteiger partial charge on any atom is 0.407 e. The summed E-state index contributed by atoms with van der Waals surface area (Å²) in [5.41, 5.74) is 0. The molecule has 0 aromatic rings. The van der Waals surface area contributed by atoms with Gasteiger partial charge in [0.1, 0.15) is 12.8 Å². The molecule has 0 aliphatic carbocycles. The Morgan fingerprint density at radius 3 is 1.96 bits per heavy atom. The van der Waals surface area contributed by atoms with Gasteiger partial charge in [-0.15, -0.1) is 0 Å². The number of nitrogens with zero attached hydrogens (tertiary/aromatic N) is 1. The zero-order valence-corrected chi connectivity index (χ0v) is 16.0. The average Bonchev–Trinajstić information content (AvgIpc) is 2.60. The summed E-state index contributed by atoms with van der Waals surface area (Å²) in [6.45, 7) is 12.1. The van der Waals surface area contributed by atoms with Gasteiger partial charge in [0, 0.05) is 13.7 Å². The number of hydrogen-bond donors (Lipinski definition) is 2.